The first-order valence-electron chi connectivity index (χ1n) is 13.8. The fourth-order valence-electron chi connectivity index (χ4n) is 5.26. The second kappa shape index (κ2) is 11.1. The number of anilines is 1. The summed E-state index contributed by atoms with van der Waals surface area (Å²) >= 11 is 0. The number of nitrogens with one attached hydrogen (secondary N) is 2. The quantitative estimate of drug-likeness (QED) is 0.280. The summed E-state index contributed by atoms with van der Waals surface area (Å²) in [5, 5.41) is 26.5. The zero-order chi connectivity index (χ0) is 28.7. The molecule has 5 heterocycles. The molecule has 41 heavy (non-hydrogen) atoms. The highest BCUT2D eigenvalue weighted by Gasteiger charge is 2.48. The maximum Gasteiger partial charge on any atom is 0.411 e. The Kier molecular flexibility index (Phi) is 7.37. The van der Waals surface area contributed by atoms with Crippen molar-refractivity contribution in [3.63, 3.8) is 0 Å². The van der Waals surface area contributed by atoms with Crippen LogP contribution in [-0.4, -0.2) is 96.2 Å². The van der Waals surface area contributed by atoms with E-state index in [9.17, 15) is 24.6 Å². The summed E-state index contributed by atoms with van der Waals surface area (Å²) in [6.07, 6.45) is -0.0853. The van der Waals surface area contributed by atoms with Gasteiger partial charge in [-0.1, -0.05) is 5.92 Å². The Morgan fingerprint density at radius 1 is 1.17 bits per heavy atom. The molecule has 2 unspecified atom stereocenters. The van der Waals surface area contributed by atoms with Gasteiger partial charge in [-0.05, 0) is 37.5 Å². The van der Waals surface area contributed by atoms with E-state index in [0.29, 0.717) is 32.4 Å². The predicted molar refractivity (Wildman–Crippen MR) is 140 cm³/mol. The number of piperidine rings is 1. The van der Waals surface area contributed by atoms with Gasteiger partial charge in [-0.3, -0.25) is 14.2 Å². The molecule has 4 aliphatic rings. The third kappa shape index (κ3) is 5.76. The average Bonchev–Trinajstić information content (AvgIpc) is 3.38. The Hall–Kier alpha value is -4.00. The summed E-state index contributed by atoms with van der Waals surface area (Å²) < 4.78 is 12.5. The van der Waals surface area contributed by atoms with E-state index in [1.165, 1.54) is 10.9 Å². The number of likely N-dealkylation sites (tertiary alicyclic amines) is 1. The molecule has 3 aliphatic heterocycles. The van der Waals surface area contributed by atoms with Crippen molar-refractivity contribution >= 4 is 34.9 Å². The zero-order valence-electron chi connectivity index (χ0n) is 22.2. The number of amides is 3. The van der Waals surface area contributed by atoms with E-state index in [2.05, 4.69) is 37.4 Å². The van der Waals surface area contributed by atoms with Gasteiger partial charge in [0.25, 0.3) is 5.91 Å². The van der Waals surface area contributed by atoms with Gasteiger partial charge in [0.05, 0.1) is 6.33 Å². The second-order valence-electron chi connectivity index (χ2n) is 10.9. The molecular formula is C26H32N8O7. The van der Waals surface area contributed by atoms with E-state index in [1.807, 2.05) is 0 Å². The average molecular weight is 569 g/mol. The minimum absolute atomic E-state index is 0.0773. The first-order valence-corrected chi connectivity index (χ1v) is 13.8. The maximum absolute atomic E-state index is 12.5. The molecule has 1 aliphatic carbocycles. The topological polar surface area (TPSA) is 207 Å². The number of rotatable bonds is 5. The summed E-state index contributed by atoms with van der Waals surface area (Å²) in [7, 11) is 0. The lowest BCUT2D eigenvalue weighted by Crippen LogP contribution is -2.43. The van der Waals surface area contributed by atoms with Crippen LogP contribution >= 0.6 is 0 Å². The first-order chi connectivity index (χ1) is 19.8. The van der Waals surface area contributed by atoms with E-state index >= 15 is 0 Å². The van der Waals surface area contributed by atoms with Crippen molar-refractivity contribution in [2.45, 2.75) is 81.8 Å². The molecule has 218 valence electrons. The number of hydrogen-bond donors (Lipinski definition) is 5. The van der Waals surface area contributed by atoms with Gasteiger partial charge < -0.3 is 41.0 Å². The van der Waals surface area contributed by atoms with Gasteiger partial charge in [0.1, 0.15) is 17.7 Å². The molecule has 0 radical (unpaired) electrons. The maximum atomic E-state index is 12.5. The van der Waals surface area contributed by atoms with Crippen LogP contribution in [0.5, 0.6) is 0 Å². The molecule has 6 N–H and O–H groups in total. The van der Waals surface area contributed by atoms with Gasteiger partial charge in [0.2, 0.25) is 11.7 Å². The third-order valence-corrected chi connectivity index (χ3v) is 7.81. The van der Waals surface area contributed by atoms with Crippen LogP contribution in [0.3, 0.4) is 0 Å². The lowest BCUT2D eigenvalue weighted by atomic mass is 9.94. The number of nitrogens with zero attached hydrogens (tertiary/aromatic N) is 5. The number of nitrogens with two attached hydrogens (primary N) is 1. The summed E-state index contributed by atoms with van der Waals surface area (Å²) in [6.45, 7) is 1.07. The molecule has 15 nitrogen and oxygen atoms in total. The number of nitrogen functional groups attached to an aromatic ring is 1. The van der Waals surface area contributed by atoms with Crippen molar-refractivity contribution in [3.05, 3.63) is 12.2 Å². The third-order valence-electron chi connectivity index (χ3n) is 7.81. The number of hydrogen-bond acceptors (Lipinski definition) is 11. The van der Waals surface area contributed by atoms with Crippen LogP contribution in [0.15, 0.2) is 6.33 Å². The van der Waals surface area contributed by atoms with Crippen LogP contribution in [0.1, 0.15) is 57.0 Å². The fourth-order valence-corrected chi connectivity index (χ4v) is 5.26. The van der Waals surface area contributed by atoms with Crippen LogP contribution in [0, 0.1) is 17.8 Å². The van der Waals surface area contributed by atoms with Crippen LogP contribution in [0.25, 0.3) is 11.2 Å². The number of aromatic nitrogens is 4. The van der Waals surface area contributed by atoms with Gasteiger partial charge in [0, 0.05) is 38.4 Å². The minimum Gasteiger partial charge on any atom is -0.425 e. The second-order valence-corrected chi connectivity index (χ2v) is 10.9. The summed E-state index contributed by atoms with van der Waals surface area (Å²) in [5.74, 6) is 5.98. The Morgan fingerprint density at radius 3 is 2.66 bits per heavy atom. The van der Waals surface area contributed by atoms with Crippen molar-refractivity contribution in [2.75, 3.05) is 18.8 Å². The molecule has 2 aromatic heterocycles. The highest BCUT2D eigenvalue weighted by Crippen LogP contribution is 2.33. The van der Waals surface area contributed by atoms with Crippen LogP contribution in [0.4, 0.5) is 10.6 Å². The monoisotopic (exact) mass is 568 g/mol. The molecule has 15 heteroatoms. The molecule has 0 aromatic carbocycles. The largest absolute Gasteiger partial charge is 0.425 e. The van der Waals surface area contributed by atoms with Crippen molar-refractivity contribution in [3.8, 4) is 11.8 Å². The van der Waals surface area contributed by atoms with E-state index in [-0.39, 0.29) is 40.7 Å². The van der Waals surface area contributed by atoms with Gasteiger partial charge in [-0.25, -0.2) is 19.7 Å². The van der Waals surface area contributed by atoms with Gasteiger partial charge in [0.15, 0.2) is 30.0 Å². The molecule has 3 amide bonds. The van der Waals surface area contributed by atoms with Crippen molar-refractivity contribution in [1.29, 1.82) is 0 Å². The lowest BCUT2D eigenvalue weighted by Gasteiger charge is -2.31. The molecule has 2 aromatic rings. The number of carbonyl (C=O) groups is 3. The molecule has 4 fully saturated rings. The Labute approximate surface area is 234 Å². The molecular weight excluding hydrogens is 536 g/mol. The van der Waals surface area contributed by atoms with E-state index in [1.54, 1.807) is 4.90 Å². The Balaban J connectivity index is 1.08. The number of ether oxygens (including phenoxy) is 2. The number of aliphatic hydroxyl groups is 2. The van der Waals surface area contributed by atoms with Crippen LogP contribution < -0.4 is 16.4 Å². The van der Waals surface area contributed by atoms with Crippen molar-refractivity contribution in [2.24, 2.45) is 5.92 Å². The normalized spacial score (nSPS) is 28.3. The van der Waals surface area contributed by atoms with Crippen molar-refractivity contribution < 1.29 is 34.1 Å². The number of carbonyl (C=O) groups excluding carboxylic acids is 3. The SMILES string of the molecule is Nc1nc(C#CCC2CCN(C(=O)OC3CCC(=O)N3)CC2)nc2c1ncn2[C@@H]1O[C@H](C(=O)NC2CC2)C(O)[C@@H]1O. The van der Waals surface area contributed by atoms with Gasteiger partial charge in [-0.15, -0.1) is 0 Å². The zero-order valence-corrected chi connectivity index (χ0v) is 22.2. The molecule has 6 rings (SSSR count). The van der Waals surface area contributed by atoms with Crippen LogP contribution in [0.2, 0.25) is 0 Å². The van der Waals surface area contributed by atoms with E-state index in [0.717, 1.165) is 25.7 Å². The summed E-state index contributed by atoms with van der Waals surface area (Å²) in [6, 6.07) is 0.0773. The molecule has 5 atom stereocenters. The summed E-state index contributed by atoms with van der Waals surface area (Å²) in [4.78, 5) is 50.7. The lowest BCUT2D eigenvalue weighted by molar-refractivity contribution is -0.137. The van der Waals surface area contributed by atoms with Crippen LogP contribution in [-0.2, 0) is 19.1 Å². The molecule has 1 saturated carbocycles. The Morgan fingerprint density at radius 2 is 1.95 bits per heavy atom. The van der Waals surface area contributed by atoms with E-state index < -0.39 is 42.8 Å². The van der Waals surface area contributed by atoms with Gasteiger partial charge >= 0.3 is 6.09 Å². The standard InChI is InChI=1S/C26H32N8O7/c27-22-18-23(34(12-28-18)25-20(37)19(36)21(41-25)24(38)29-14-4-5-14)31-15(30-22)3-1-2-13-8-10-33(11-9-13)26(39)40-17-7-6-16(35)32-17/h12-14,17,19-21,25,36-37H,2,4-11H2,(H,29,38)(H,32,35)(H2,27,30,31)/t17?,19?,20-,21-,25+/m0/s1. The smallest absolute Gasteiger partial charge is 0.411 e. The number of aliphatic hydroxyl groups excluding tert-OH is 2. The number of fused-ring (bicyclic) bond motifs is 1. The summed E-state index contributed by atoms with van der Waals surface area (Å²) in [5.41, 5.74) is 6.65. The molecule has 0 spiro atoms. The highest BCUT2D eigenvalue weighted by molar-refractivity contribution is 5.83. The predicted octanol–water partition coefficient (Wildman–Crippen LogP) is -0.867. The fraction of sp³-hybridized carbons (Fsp3) is 0.615. The highest BCUT2D eigenvalue weighted by atomic mass is 16.6. The van der Waals surface area contributed by atoms with Gasteiger partial charge in [-0.2, -0.15) is 0 Å². The molecule has 3 saturated heterocycles. The van der Waals surface area contributed by atoms with Crippen molar-refractivity contribution in [1.82, 2.24) is 35.1 Å². The minimum atomic E-state index is -1.42. The first kappa shape index (κ1) is 27.2. The van der Waals surface area contributed by atoms with E-state index in [4.69, 9.17) is 15.2 Å². The Bertz CT molecular complexity index is 1410. The molecule has 0 bridgehead atoms. The number of imidazole rings is 1.